The third kappa shape index (κ3) is 2.42. The molecule has 0 aromatic carbocycles. The Hall–Kier alpha value is -0.680. The fraction of sp³-hybridized carbons (Fsp3) is 0.429. The summed E-state index contributed by atoms with van der Waals surface area (Å²) in [5, 5.41) is 8.44. The van der Waals surface area contributed by atoms with Crippen molar-refractivity contribution in [2.45, 2.75) is 19.8 Å². The molecule has 5 heteroatoms. The molecule has 0 aliphatic carbocycles. The van der Waals surface area contributed by atoms with Crippen LogP contribution in [0.2, 0.25) is 0 Å². The largest absolute Gasteiger partial charge is 0.481 e. The summed E-state index contributed by atoms with van der Waals surface area (Å²) in [4.78, 5) is 14.3. The summed E-state index contributed by atoms with van der Waals surface area (Å²) in [6.07, 6.45) is 0.739. The van der Waals surface area contributed by atoms with Crippen LogP contribution in [0.3, 0.4) is 0 Å². The highest BCUT2D eigenvalue weighted by molar-refractivity contribution is 7.73. The van der Waals surface area contributed by atoms with Crippen molar-refractivity contribution in [2.75, 3.05) is 0 Å². The molecular weight excluding hydrogens is 194 g/mol. The molecule has 1 rings (SSSR count). The van der Waals surface area contributed by atoms with Gasteiger partial charge < -0.3 is 10.1 Å². The van der Waals surface area contributed by atoms with Crippen molar-refractivity contribution in [3.63, 3.8) is 0 Å². The van der Waals surface area contributed by atoms with E-state index in [2.05, 4.69) is 4.98 Å². The van der Waals surface area contributed by atoms with Gasteiger partial charge in [-0.05, 0) is 25.6 Å². The summed E-state index contributed by atoms with van der Waals surface area (Å²) < 4.78 is 0.716. The Kier molecular flexibility index (Phi) is 2.99. The lowest BCUT2D eigenvalue weighted by Gasteiger charge is -1.93. The van der Waals surface area contributed by atoms with Crippen molar-refractivity contribution in [1.82, 2.24) is 4.98 Å². The van der Waals surface area contributed by atoms with Crippen molar-refractivity contribution in [3.05, 3.63) is 14.5 Å². The predicted octanol–water partition coefficient (Wildman–Crippen LogP) is 2.13. The van der Waals surface area contributed by atoms with Crippen LogP contribution in [0.5, 0.6) is 0 Å². The van der Waals surface area contributed by atoms with Gasteiger partial charge in [0.05, 0.1) is 6.42 Å². The van der Waals surface area contributed by atoms with Gasteiger partial charge >= 0.3 is 5.97 Å². The number of carboxylic acid groups (broad SMARTS) is 1. The molecule has 1 aromatic heterocycles. The standard InChI is InChI=1S/C7H9NO2S2/c1-4-5(2-3-6(9)10)12-7(11)8-4/h2-3H2,1H3,(H,8,11)(H,9,10). The van der Waals surface area contributed by atoms with E-state index in [1.807, 2.05) is 6.92 Å². The van der Waals surface area contributed by atoms with E-state index < -0.39 is 5.97 Å². The van der Waals surface area contributed by atoms with Crippen molar-refractivity contribution in [3.8, 4) is 0 Å². The van der Waals surface area contributed by atoms with Gasteiger partial charge in [0.15, 0.2) is 3.95 Å². The van der Waals surface area contributed by atoms with Crippen molar-refractivity contribution >= 4 is 29.5 Å². The number of hydrogen-bond acceptors (Lipinski definition) is 3. The fourth-order valence-corrected chi connectivity index (χ4v) is 2.19. The zero-order chi connectivity index (χ0) is 9.14. The number of carbonyl (C=O) groups is 1. The minimum Gasteiger partial charge on any atom is -0.481 e. The van der Waals surface area contributed by atoms with Crippen LogP contribution in [0.4, 0.5) is 0 Å². The highest BCUT2D eigenvalue weighted by Crippen LogP contribution is 2.16. The molecule has 2 N–H and O–H groups in total. The van der Waals surface area contributed by atoms with Gasteiger partial charge in [0.25, 0.3) is 0 Å². The Bertz CT molecular complexity index is 339. The highest BCUT2D eigenvalue weighted by atomic mass is 32.1. The second kappa shape index (κ2) is 3.82. The molecule has 0 atom stereocenters. The quantitative estimate of drug-likeness (QED) is 0.740. The van der Waals surface area contributed by atoms with E-state index in [4.69, 9.17) is 17.3 Å². The molecule has 1 heterocycles. The zero-order valence-electron chi connectivity index (χ0n) is 6.59. The number of rotatable bonds is 3. The van der Waals surface area contributed by atoms with E-state index >= 15 is 0 Å². The van der Waals surface area contributed by atoms with Crippen LogP contribution in [0.1, 0.15) is 17.0 Å². The van der Waals surface area contributed by atoms with Gasteiger partial charge in [0.2, 0.25) is 0 Å². The van der Waals surface area contributed by atoms with E-state index in [-0.39, 0.29) is 6.42 Å². The van der Waals surface area contributed by atoms with E-state index in [0.29, 0.717) is 10.4 Å². The van der Waals surface area contributed by atoms with E-state index in [9.17, 15) is 4.79 Å². The molecule has 1 aromatic rings. The molecule has 0 fully saturated rings. The van der Waals surface area contributed by atoms with E-state index in [0.717, 1.165) is 10.6 Å². The first kappa shape index (κ1) is 9.41. The van der Waals surface area contributed by atoms with E-state index in [1.54, 1.807) is 0 Å². The Balaban J connectivity index is 2.69. The molecule has 0 bridgehead atoms. The normalized spacial score (nSPS) is 10.1. The third-order valence-corrected chi connectivity index (χ3v) is 2.89. The van der Waals surface area contributed by atoms with Gasteiger partial charge in [0.1, 0.15) is 0 Å². The van der Waals surface area contributed by atoms with Crippen LogP contribution in [0.15, 0.2) is 0 Å². The van der Waals surface area contributed by atoms with Crippen LogP contribution < -0.4 is 0 Å². The number of aryl methyl sites for hydroxylation is 2. The summed E-state index contributed by atoms with van der Waals surface area (Å²) in [6, 6.07) is 0. The average Bonchev–Trinajstić information content (AvgIpc) is 2.26. The fourth-order valence-electron chi connectivity index (χ4n) is 0.896. The molecule has 66 valence electrons. The molecule has 0 saturated heterocycles. The topological polar surface area (TPSA) is 53.1 Å². The number of aromatic nitrogens is 1. The zero-order valence-corrected chi connectivity index (χ0v) is 8.22. The molecule has 0 unspecified atom stereocenters. The number of aliphatic carboxylic acids is 1. The monoisotopic (exact) mass is 203 g/mol. The molecule has 0 radical (unpaired) electrons. The Morgan fingerprint density at radius 3 is 2.83 bits per heavy atom. The van der Waals surface area contributed by atoms with Crippen molar-refractivity contribution in [2.24, 2.45) is 0 Å². The molecule has 0 saturated carbocycles. The first-order valence-electron chi connectivity index (χ1n) is 3.50. The molecule has 12 heavy (non-hydrogen) atoms. The van der Waals surface area contributed by atoms with E-state index in [1.165, 1.54) is 11.3 Å². The number of carboxylic acids is 1. The second-order valence-corrected chi connectivity index (χ2v) is 4.23. The number of thiazole rings is 1. The van der Waals surface area contributed by atoms with Gasteiger partial charge in [-0.1, -0.05) is 0 Å². The second-order valence-electron chi connectivity index (χ2n) is 2.46. The lowest BCUT2D eigenvalue weighted by Crippen LogP contribution is -1.96. The first-order valence-corrected chi connectivity index (χ1v) is 4.72. The number of aromatic amines is 1. The predicted molar refractivity (Wildman–Crippen MR) is 50.2 cm³/mol. The summed E-state index contributed by atoms with van der Waals surface area (Å²) >= 11 is 6.37. The first-order chi connectivity index (χ1) is 5.59. The molecular formula is C7H9NO2S2. The lowest BCUT2D eigenvalue weighted by molar-refractivity contribution is -0.136. The van der Waals surface area contributed by atoms with Crippen LogP contribution in [-0.2, 0) is 11.2 Å². The maximum Gasteiger partial charge on any atom is 0.303 e. The van der Waals surface area contributed by atoms with Crippen LogP contribution in [-0.4, -0.2) is 16.1 Å². The maximum atomic E-state index is 10.3. The summed E-state index contributed by atoms with van der Waals surface area (Å²) in [7, 11) is 0. The molecule has 0 spiro atoms. The van der Waals surface area contributed by atoms with Gasteiger partial charge in [-0.3, -0.25) is 4.79 Å². The Morgan fingerprint density at radius 2 is 2.42 bits per heavy atom. The highest BCUT2D eigenvalue weighted by Gasteiger charge is 2.04. The molecule has 0 aliphatic heterocycles. The summed E-state index contributed by atoms with van der Waals surface area (Å²) in [5.41, 5.74) is 0.992. The van der Waals surface area contributed by atoms with Gasteiger partial charge in [-0.2, -0.15) is 0 Å². The number of H-pyrrole nitrogens is 1. The molecule has 0 amide bonds. The summed E-state index contributed by atoms with van der Waals surface area (Å²) in [5.74, 6) is -0.770. The average molecular weight is 203 g/mol. The number of hydrogen-bond donors (Lipinski definition) is 2. The lowest BCUT2D eigenvalue weighted by atomic mass is 10.2. The maximum absolute atomic E-state index is 10.3. The third-order valence-electron chi connectivity index (χ3n) is 1.49. The summed E-state index contributed by atoms with van der Waals surface area (Å²) in [6.45, 7) is 1.91. The minimum absolute atomic E-state index is 0.171. The van der Waals surface area contributed by atoms with Crippen LogP contribution >= 0.6 is 23.6 Å². The smallest absolute Gasteiger partial charge is 0.303 e. The number of nitrogens with one attached hydrogen (secondary N) is 1. The van der Waals surface area contributed by atoms with Crippen molar-refractivity contribution in [1.29, 1.82) is 0 Å². The molecule has 0 aliphatic rings. The van der Waals surface area contributed by atoms with Crippen LogP contribution in [0.25, 0.3) is 0 Å². The van der Waals surface area contributed by atoms with Crippen molar-refractivity contribution < 1.29 is 9.90 Å². The van der Waals surface area contributed by atoms with Gasteiger partial charge in [-0.15, -0.1) is 11.3 Å². The Morgan fingerprint density at radius 1 is 1.75 bits per heavy atom. The molecule has 3 nitrogen and oxygen atoms in total. The SMILES string of the molecule is Cc1[nH]c(=S)sc1CCC(=O)O. The Labute approximate surface area is 79.1 Å². The van der Waals surface area contributed by atoms with Gasteiger partial charge in [-0.25, -0.2) is 0 Å². The van der Waals surface area contributed by atoms with Gasteiger partial charge in [0, 0.05) is 10.6 Å². The van der Waals surface area contributed by atoms with Crippen LogP contribution in [0, 0.1) is 10.9 Å². The minimum atomic E-state index is -0.770.